The Kier molecular flexibility index (Phi) is 2.79. The van der Waals surface area contributed by atoms with Gasteiger partial charge in [-0.1, -0.05) is 6.07 Å². The Hall–Kier alpha value is -2.53. The zero-order valence-corrected chi connectivity index (χ0v) is 11.3. The molecule has 5 heteroatoms. The summed E-state index contributed by atoms with van der Waals surface area (Å²) in [6.07, 6.45) is 3.84. The van der Waals surface area contributed by atoms with E-state index < -0.39 is 0 Å². The maximum Gasteiger partial charge on any atom is 0.256 e. The van der Waals surface area contributed by atoms with Crippen LogP contribution < -0.4 is 10.1 Å². The van der Waals surface area contributed by atoms with Crippen molar-refractivity contribution in [3.8, 4) is 5.75 Å². The summed E-state index contributed by atoms with van der Waals surface area (Å²) in [6, 6.07) is 9.44. The standard InChI is InChI=1S/C16H14N2O3/c19-16-12(7-10-3-2-6-17-10)15-13(18-16)4-1-5-14(15)21-9-11-8-20-11/h1-7,11,17H,8-9H2,(H,18,19). The van der Waals surface area contributed by atoms with E-state index in [1.807, 2.05) is 42.6 Å². The van der Waals surface area contributed by atoms with Crippen LogP contribution >= 0.6 is 0 Å². The Labute approximate surface area is 121 Å². The number of H-pyrrole nitrogens is 1. The van der Waals surface area contributed by atoms with E-state index in [0.29, 0.717) is 17.9 Å². The van der Waals surface area contributed by atoms with E-state index in [1.54, 1.807) is 0 Å². The highest BCUT2D eigenvalue weighted by molar-refractivity contribution is 6.35. The van der Waals surface area contributed by atoms with E-state index in [0.717, 1.165) is 23.6 Å². The number of epoxide rings is 1. The van der Waals surface area contributed by atoms with Gasteiger partial charge in [-0.25, -0.2) is 0 Å². The van der Waals surface area contributed by atoms with Crippen molar-refractivity contribution >= 4 is 23.2 Å². The van der Waals surface area contributed by atoms with E-state index >= 15 is 0 Å². The fourth-order valence-electron chi connectivity index (χ4n) is 2.41. The van der Waals surface area contributed by atoms with Gasteiger partial charge in [0, 0.05) is 11.9 Å². The third-order valence-electron chi connectivity index (χ3n) is 3.54. The Morgan fingerprint density at radius 3 is 3.00 bits per heavy atom. The lowest BCUT2D eigenvalue weighted by atomic mass is 10.0. The molecule has 0 saturated carbocycles. The van der Waals surface area contributed by atoms with Crippen molar-refractivity contribution in [2.45, 2.75) is 6.10 Å². The predicted octanol–water partition coefficient (Wildman–Crippen LogP) is 2.29. The summed E-state index contributed by atoms with van der Waals surface area (Å²) in [4.78, 5) is 15.3. The molecule has 106 valence electrons. The minimum Gasteiger partial charge on any atom is -0.490 e. The molecule has 2 aromatic rings. The molecular formula is C16H14N2O3. The summed E-state index contributed by atoms with van der Waals surface area (Å²) in [7, 11) is 0. The maximum absolute atomic E-state index is 12.2. The third kappa shape index (κ3) is 2.32. The highest BCUT2D eigenvalue weighted by Gasteiger charge is 2.29. The maximum atomic E-state index is 12.2. The summed E-state index contributed by atoms with van der Waals surface area (Å²) in [5.74, 6) is 0.595. The second-order valence-electron chi connectivity index (χ2n) is 5.08. The zero-order valence-electron chi connectivity index (χ0n) is 11.3. The first kappa shape index (κ1) is 12.2. The number of nitrogens with one attached hydrogen (secondary N) is 2. The lowest BCUT2D eigenvalue weighted by molar-refractivity contribution is -0.110. The van der Waals surface area contributed by atoms with Crippen molar-refractivity contribution in [1.29, 1.82) is 0 Å². The van der Waals surface area contributed by atoms with Crippen LogP contribution in [0.25, 0.3) is 11.6 Å². The first-order valence-corrected chi connectivity index (χ1v) is 6.85. The SMILES string of the molecule is O=C1Nc2cccc(OCC3CO3)c2C1=Cc1ccc[nH]1. The normalized spacial score (nSPS) is 21.2. The Morgan fingerprint density at radius 2 is 2.24 bits per heavy atom. The van der Waals surface area contributed by atoms with Gasteiger partial charge in [-0.05, 0) is 30.3 Å². The van der Waals surface area contributed by atoms with Gasteiger partial charge >= 0.3 is 0 Å². The van der Waals surface area contributed by atoms with E-state index in [-0.39, 0.29) is 12.0 Å². The highest BCUT2D eigenvalue weighted by Crippen LogP contribution is 2.39. The number of aromatic nitrogens is 1. The molecular weight excluding hydrogens is 268 g/mol. The van der Waals surface area contributed by atoms with E-state index in [9.17, 15) is 4.79 Å². The molecule has 0 spiro atoms. The van der Waals surface area contributed by atoms with Gasteiger partial charge in [0.2, 0.25) is 0 Å². The molecule has 2 aliphatic heterocycles. The van der Waals surface area contributed by atoms with Crippen LogP contribution in [0.3, 0.4) is 0 Å². The molecule has 3 heterocycles. The van der Waals surface area contributed by atoms with Crippen molar-refractivity contribution in [3.05, 3.63) is 47.8 Å². The molecule has 1 amide bonds. The fraction of sp³-hybridized carbons (Fsp3) is 0.188. The number of hydrogen-bond donors (Lipinski definition) is 2. The summed E-state index contributed by atoms with van der Waals surface area (Å²) < 4.78 is 11.0. The first-order valence-electron chi connectivity index (χ1n) is 6.85. The lowest BCUT2D eigenvalue weighted by Gasteiger charge is -2.09. The molecule has 2 aliphatic rings. The number of hydrogen-bond acceptors (Lipinski definition) is 3. The number of carbonyl (C=O) groups is 1. The molecule has 5 nitrogen and oxygen atoms in total. The van der Waals surface area contributed by atoms with Crippen LogP contribution in [0.5, 0.6) is 5.75 Å². The van der Waals surface area contributed by atoms with Gasteiger partial charge in [0.25, 0.3) is 5.91 Å². The number of rotatable bonds is 4. The molecule has 4 rings (SSSR count). The Bertz CT molecular complexity index is 715. The molecule has 0 radical (unpaired) electrons. The number of amides is 1. The van der Waals surface area contributed by atoms with Crippen LogP contribution in [0, 0.1) is 0 Å². The van der Waals surface area contributed by atoms with Gasteiger partial charge in [0.1, 0.15) is 18.5 Å². The smallest absolute Gasteiger partial charge is 0.256 e. The molecule has 0 bridgehead atoms. The van der Waals surface area contributed by atoms with Crippen molar-refractivity contribution in [3.63, 3.8) is 0 Å². The monoisotopic (exact) mass is 282 g/mol. The van der Waals surface area contributed by atoms with Gasteiger partial charge < -0.3 is 19.8 Å². The summed E-state index contributed by atoms with van der Waals surface area (Å²) in [5, 5.41) is 2.87. The molecule has 1 aromatic heterocycles. The molecule has 2 N–H and O–H groups in total. The van der Waals surface area contributed by atoms with Crippen molar-refractivity contribution in [1.82, 2.24) is 4.98 Å². The van der Waals surface area contributed by atoms with Crippen molar-refractivity contribution < 1.29 is 14.3 Å². The summed E-state index contributed by atoms with van der Waals surface area (Å²) in [5.41, 5.74) is 3.10. The molecule has 21 heavy (non-hydrogen) atoms. The number of ether oxygens (including phenoxy) is 2. The number of benzene rings is 1. The van der Waals surface area contributed by atoms with E-state index in [1.165, 1.54) is 0 Å². The minimum atomic E-state index is -0.113. The topological polar surface area (TPSA) is 66.7 Å². The summed E-state index contributed by atoms with van der Waals surface area (Å²) in [6.45, 7) is 1.26. The molecule has 1 atom stereocenters. The Morgan fingerprint density at radius 1 is 1.33 bits per heavy atom. The minimum absolute atomic E-state index is 0.113. The predicted molar refractivity (Wildman–Crippen MR) is 79.0 cm³/mol. The van der Waals surface area contributed by atoms with Crippen LogP contribution in [0.1, 0.15) is 11.3 Å². The number of aromatic amines is 1. The first-order chi connectivity index (χ1) is 10.3. The number of anilines is 1. The second kappa shape index (κ2) is 4.79. The summed E-state index contributed by atoms with van der Waals surface area (Å²) >= 11 is 0. The average Bonchev–Trinajstić information content (AvgIpc) is 3.07. The zero-order chi connectivity index (χ0) is 14.2. The van der Waals surface area contributed by atoms with Gasteiger partial charge in [-0.3, -0.25) is 4.79 Å². The van der Waals surface area contributed by atoms with Crippen LogP contribution in [0.2, 0.25) is 0 Å². The Balaban J connectivity index is 1.73. The molecule has 1 unspecified atom stereocenters. The van der Waals surface area contributed by atoms with Crippen LogP contribution in [-0.2, 0) is 9.53 Å². The number of carbonyl (C=O) groups excluding carboxylic acids is 1. The molecule has 0 aliphatic carbocycles. The average molecular weight is 282 g/mol. The van der Waals surface area contributed by atoms with Gasteiger partial charge in [0.15, 0.2) is 0 Å². The van der Waals surface area contributed by atoms with Crippen LogP contribution in [0.15, 0.2) is 36.5 Å². The lowest BCUT2D eigenvalue weighted by Crippen LogP contribution is -2.05. The van der Waals surface area contributed by atoms with Gasteiger partial charge in [0.05, 0.1) is 23.4 Å². The van der Waals surface area contributed by atoms with E-state index in [2.05, 4.69) is 10.3 Å². The largest absolute Gasteiger partial charge is 0.490 e. The quantitative estimate of drug-likeness (QED) is 0.668. The van der Waals surface area contributed by atoms with Crippen molar-refractivity contribution in [2.24, 2.45) is 0 Å². The van der Waals surface area contributed by atoms with E-state index in [4.69, 9.17) is 9.47 Å². The molecule has 1 aromatic carbocycles. The second-order valence-corrected chi connectivity index (χ2v) is 5.08. The van der Waals surface area contributed by atoms with Gasteiger partial charge in [-0.2, -0.15) is 0 Å². The number of fused-ring (bicyclic) bond motifs is 1. The van der Waals surface area contributed by atoms with Crippen LogP contribution in [0.4, 0.5) is 5.69 Å². The fourth-order valence-corrected chi connectivity index (χ4v) is 2.41. The van der Waals surface area contributed by atoms with Crippen LogP contribution in [-0.4, -0.2) is 30.2 Å². The molecule has 1 fully saturated rings. The highest BCUT2D eigenvalue weighted by atomic mass is 16.6. The molecule has 1 saturated heterocycles. The van der Waals surface area contributed by atoms with Crippen molar-refractivity contribution in [2.75, 3.05) is 18.5 Å². The third-order valence-corrected chi connectivity index (χ3v) is 3.54. The van der Waals surface area contributed by atoms with Gasteiger partial charge in [-0.15, -0.1) is 0 Å².